The predicted octanol–water partition coefficient (Wildman–Crippen LogP) is 2.55. The quantitative estimate of drug-likeness (QED) is 0.753. The van der Waals surface area contributed by atoms with Gasteiger partial charge in [0.2, 0.25) is 5.91 Å². The average Bonchev–Trinajstić information content (AvgIpc) is 2.55. The van der Waals surface area contributed by atoms with Crippen molar-refractivity contribution in [1.29, 1.82) is 0 Å². The lowest BCUT2D eigenvalue weighted by Crippen LogP contribution is -2.20. The molecule has 24 heavy (non-hydrogen) atoms. The molecular weight excluding hydrogens is 304 g/mol. The fourth-order valence-electron chi connectivity index (χ4n) is 2.35. The Kier molecular flexibility index (Phi) is 4.20. The van der Waals surface area contributed by atoms with E-state index in [1.807, 2.05) is 18.2 Å². The molecule has 3 rings (SSSR count). The van der Waals surface area contributed by atoms with Crippen LogP contribution in [0.2, 0.25) is 0 Å². The maximum Gasteiger partial charge on any atom is 0.282 e. The van der Waals surface area contributed by atoms with Crippen LogP contribution in [0.4, 0.5) is 5.69 Å². The van der Waals surface area contributed by atoms with E-state index in [4.69, 9.17) is 0 Å². The highest BCUT2D eigenvalue weighted by atomic mass is 16.1. The largest absolute Gasteiger partial charge is 0.326 e. The van der Waals surface area contributed by atoms with E-state index in [1.165, 1.54) is 11.6 Å². The Morgan fingerprint density at radius 2 is 1.88 bits per heavy atom. The van der Waals surface area contributed by atoms with Crippen molar-refractivity contribution in [3.63, 3.8) is 0 Å². The van der Waals surface area contributed by atoms with Crippen molar-refractivity contribution in [3.05, 3.63) is 70.3 Å². The number of carbonyl (C=O) groups excluding carboxylic acids is 1. The Balaban J connectivity index is 1.93. The van der Waals surface area contributed by atoms with Gasteiger partial charge in [0.1, 0.15) is 5.82 Å². The van der Waals surface area contributed by atoms with E-state index in [1.54, 1.807) is 43.5 Å². The Bertz CT molecular complexity index is 988. The summed E-state index contributed by atoms with van der Waals surface area (Å²) in [6.45, 7) is 3.20. The van der Waals surface area contributed by atoms with Crippen molar-refractivity contribution in [3.8, 4) is 0 Å². The molecule has 0 aliphatic heterocycles. The summed E-state index contributed by atoms with van der Waals surface area (Å²) in [5, 5.41) is 7.47. The maximum absolute atomic E-state index is 12.5. The van der Waals surface area contributed by atoms with Crippen molar-refractivity contribution >= 4 is 28.7 Å². The number of aryl methyl sites for hydroxylation is 1. The molecule has 6 nitrogen and oxygen atoms in total. The molecule has 0 atom stereocenters. The summed E-state index contributed by atoms with van der Waals surface area (Å²) in [6, 6.07) is 14.4. The van der Waals surface area contributed by atoms with Gasteiger partial charge in [-0.15, -0.1) is 0 Å². The number of nitrogens with zero attached hydrogens (tertiary/aromatic N) is 3. The van der Waals surface area contributed by atoms with E-state index in [0.29, 0.717) is 22.4 Å². The molecule has 1 N–H and O–H groups in total. The van der Waals surface area contributed by atoms with Crippen molar-refractivity contribution in [2.45, 2.75) is 13.8 Å². The van der Waals surface area contributed by atoms with Crippen molar-refractivity contribution < 1.29 is 4.79 Å². The van der Waals surface area contributed by atoms with E-state index >= 15 is 0 Å². The minimum atomic E-state index is -0.204. The number of hydrogen-bond donors (Lipinski definition) is 1. The predicted molar refractivity (Wildman–Crippen MR) is 94.5 cm³/mol. The first-order valence-electron chi connectivity index (χ1n) is 7.45. The molecule has 0 unspecified atom stereocenters. The molecular formula is C18H16N4O2. The van der Waals surface area contributed by atoms with Crippen LogP contribution in [-0.2, 0) is 4.79 Å². The highest BCUT2D eigenvalue weighted by Gasteiger charge is 2.06. The van der Waals surface area contributed by atoms with Gasteiger partial charge in [0, 0.05) is 12.6 Å². The molecule has 1 amide bonds. The fourth-order valence-corrected chi connectivity index (χ4v) is 2.35. The molecule has 2 aromatic carbocycles. The van der Waals surface area contributed by atoms with E-state index in [-0.39, 0.29) is 11.5 Å². The van der Waals surface area contributed by atoms with Crippen molar-refractivity contribution in [2.24, 2.45) is 5.10 Å². The van der Waals surface area contributed by atoms with E-state index in [0.717, 1.165) is 5.56 Å². The molecule has 1 aromatic heterocycles. The van der Waals surface area contributed by atoms with Crippen LogP contribution < -0.4 is 10.9 Å². The highest BCUT2D eigenvalue weighted by Crippen LogP contribution is 2.09. The number of para-hydroxylation sites is 1. The van der Waals surface area contributed by atoms with Crippen LogP contribution in [0, 0.1) is 6.92 Å². The summed E-state index contributed by atoms with van der Waals surface area (Å²) in [7, 11) is 0. The van der Waals surface area contributed by atoms with Crippen LogP contribution in [0.5, 0.6) is 0 Å². The molecule has 3 aromatic rings. The minimum absolute atomic E-state index is 0.124. The molecule has 0 fully saturated rings. The van der Waals surface area contributed by atoms with Crippen LogP contribution >= 0.6 is 0 Å². The van der Waals surface area contributed by atoms with Gasteiger partial charge < -0.3 is 5.32 Å². The molecule has 0 saturated carbocycles. The van der Waals surface area contributed by atoms with Crippen LogP contribution in [0.3, 0.4) is 0 Å². The SMILES string of the molecule is CC(=O)Nc1ccc(/C=N/n2c(C)nc3ccccc3c2=O)cc1. The lowest BCUT2D eigenvalue weighted by molar-refractivity contribution is -0.114. The van der Waals surface area contributed by atoms with Gasteiger partial charge in [0.05, 0.1) is 17.1 Å². The number of carbonyl (C=O) groups is 1. The summed E-state index contributed by atoms with van der Waals surface area (Å²) in [5.41, 5.74) is 1.97. The van der Waals surface area contributed by atoms with Crippen LogP contribution in [0.25, 0.3) is 10.9 Å². The van der Waals surface area contributed by atoms with Gasteiger partial charge in [-0.1, -0.05) is 24.3 Å². The standard InChI is InChI=1S/C18H16N4O2/c1-12-20-17-6-4-3-5-16(17)18(24)22(12)19-11-14-7-9-15(10-8-14)21-13(2)23/h3-11H,1-2H3,(H,21,23)/b19-11+. The number of rotatable bonds is 3. The first-order chi connectivity index (χ1) is 11.5. The van der Waals surface area contributed by atoms with E-state index < -0.39 is 0 Å². The number of aromatic nitrogens is 2. The number of amides is 1. The average molecular weight is 320 g/mol. The van der Waals surface area contributed by atoms with Gasteiger partial charge >= 0.3 is 0 Å². The minimum Gasteiger partial charge on any atom is -0.326 e. The molecule has 0 radical (unpaired) electrons. The van der Waals surface area contributed by atoms with Crippen molar-refractivity contribution in [1.82, 2.24) is 9.66 Å². The Morgan fingerprint density at radius 1 is 1.17 bits per heavy atom. The summed E-state index contributed by atoms with van der Waals surface area (Å²) < 4.78 is 1.28. The number of nitrogens with one attached hydrogen (secondary N) is 1. The smallest absolute Gasteiger partial charge is 0.282 e. The molecule has 0 saturated heterocycles. The van der Waals surface area contributed by atoms with Gasteiger partial charge in [0.15, 0.2) is 0 Å². The van der Waals surface area contributed by atoms with Gasteiger partial charge in [-0.2, -0.15) is 9.78 Å². The summed E-state index contributed by atoms with van der Waals surface area (Å²) >= 11 is 0. The second-order valence-electron chi connectivity index (χ2n) is 5.34. The molecule has 0 aliphatic carbocycles. The Labute approximate surface area is 138 Å². The monoisotopic (exact) mass is 320 g/mol. The van der Waals surface area contributed by atoms with E-state index in [2.05, 4.69) is 15.4 Å². The molecule has 120 valence electrons. The zero-order valence-electron chi connectivity index (χ0n) is 13.4. The molecule has 0 bridgehead atoms. The van der Waals surface area contributed by atoms with Crippen molar-refractivity contribution in [2.75, 3.05) is 5.32 Å². The topological polar surface area (TPSA) is 76.3 Å². The first-order valence-corrected chi connectivity index (χ1v) is 7.45. The Morgan fingerprint density at radius 3 is 2.58 bits per heavy atom. The second-order valence-corrected chi connectivity index (χ2v) is 5.34. The fraction of sp³-hybridized carbons (Fsp3) is 0.111. The highest BCUT2D eigenvalue weighted by molar-refractivity contribution is 5.89. The third kappa shape index (κ3) is 3.22. The van der Waals surface area contributed by atoms with Crippen LogP contribution in [0.1, 0.15) is 18.3 Å². The van der Waals surface area contributed by atoms with Gasteiger partial charge in [-0.3, -0.25) is 9.59 Å². The number of anilines is 1. The van der Waals surface area contributed by atoms with Gasteiger partial charge in [0.25, 0.3) is 5.56 Å². The summed E-state index contributed by atoms with van der Waals surface area (Å²) in [4.78, 5) is 27.9. The Hall–Kier alpha value is -3.28. The normalized spacial score (nSPS) is 11.1. The number of fused-ring (bicyclic) bond motifs is 1. The maximum atomic E-state index is 12.5. The summed E-state index contributed by atoms with van der Waals surface area (Å²) in [5.74, 6) is 0.394. The van der Waals surface area contributed by atoms with Crippen LogP contribution in [-0.4, -0.2) is 21.8 Å². The van der Waals surface area contributed by atoms with Crippen LogP contribution in [0.15, 0.2) is 58.4 Å². The zero-order valence-corrected chi connectivity index (χ0v) is 13.4. The number of benzene rings is 2. The first kappa shape index (κ1) is 15.6. The van der Waals surface area contributed by atoms with Gasteiger partial charge in [-0.25, -0.2) is 4.98 Å². The number of hydrogen-bond acceptors (Lipinski definition) is 4. The molecule has 0 spiro atoms. The molecule has 0 aliphatic rings. The lowest BCUT2D eigenvalue weighted by atomic mass is 10.2. The molecule has 1 heterocycles. The third-order valence-corrected chi connectivity index (χ3v) is 3.47. The molecule has 6 heteroatoms. The van der Waals surface area contributed by atoms with Gasteiger partial charge in [-0.05, 0) is 36.8 Å². The lowest BCUT2D eigenvalue weighted by Gasteiger charge is -2.05. The summed E-state index contributed by atoms with van der Waals surface area (Å²) in [6.07, 6.45) is 1.59. The van der Waals surface area contributed by atoms with E-state index in [9.17, 15) is 9.59 Å². The zero-order chi connectivity index (χ0) is 17.1. The second kappa shape index (κ2) is 6.45. The third-order valence-electron chi connectivity index (χ3n) is 3.47.